The Bertz CT molecular complexity index is 495. The molecule has 94 valence electrons. The van der Waals surface area contributed by atoms with Gasteiger partial charge in [0.2, 0.25) is 5.78 Å². The van der Waals surface area contributed by atoms with E-state index in [0.29, 0.717) is 23.6 Å². The van der Waals surface area contributed by atoms with Gasteiger partial charge >= 0.3 is 0 Å². The van der Waals surface area contributed by atoms with Crippen LogP contribution < -0.4 is 0 Å². The largest absolute Gasteiger partial charge is 0.331 e. The van der Waals surface area contributed by atoms with E-state index < -0.39 is 5.78 Å². The van der Waals surface area contributed by atoms with E-state index in [1.54, 1.807) is 24.3 Å². The Labute approximate surface area is 110 Å². The van der Waals surface area contributed by atoms with Gasteiger partial charge in [-0.3, -0.25) is 14.4 Å². The Hall–Kier alpha value is -1.68. The predicted molar refractivity (Wildman–Crippen MR) is 66.6 cm³/mol. The van der Waals surface area contributed by atoms with Crippen LogP contribution in [0.4, 0.5) is 0 Å². The average molecular weight is 266 g/mol. The van der Waals surface area contributed by atoms with Gasteiger partial charge < -0.3 is 4.90 Å². The van der Waals surface area contributed by atoms with Crippen LogP contribution in [0.1, 0.15) is 23.2 Å². The van der Waals surface area contributed by atoms with Crippen molar-refractivity contribution in [1.29, 1.82) is 0 Å². The smallest absolute Gasteiger partial charge is 0.254 e. The maximum Gasteiger partial charge on any atom is 0.254 e. The quantitative estimate of drug-likeness (QED) is 0.727. The fraction of sp³-hybridized carbons (Fsp3) is 0.308. The second-order valence-corrected chi connectivity index (χ2v) is 4.62. The number of hydrogen-bond donors (Lipinski definition) is 0. The topological polar surface area (TPSA) is 54.5 Å². The van der Waals surface area contributed by atoms with Crippen LogP contribution in [0.25, 0.3) is 0 Å². The Kier molecular flexibility index (Phi) is 3.77. The van der Waals surface area contributed by atoms with Crippen molar-refractivity contribution in [3.63, 3.8) is 0 Å². The lowest BCUT2D eigenvalue weighted by Crippen LogP contribution is -2.36. The van der Waals surface area contributed by atoms with Crippen molar-refractivity contribution in [2.75, 3.05) is 13.1 Å². The summed E-state index contributed by atoms with van der Waals surface area (Å²) in [6.07, 6.45) is 0.757. The van der Waals surface area contributed by atoms with E-state index in [4.69, 9.17) is 11.6 Å². The molecule has 0 N–H and O–H groups in total. The second kappa shape index (κ2) is 5.31. The summed E-state index contributed by atoms with van der Waals surface area (Å²) in [7, 11) is 0. The molecule has 1 amide bonds. The Balaban J connectivity index is 2.15. The highest BCUT2D eigenvalue weighted by Crippen LogP contribution is 2.13. The molecule has 0 aromatic heterocycles. The van der Waals surface area contributed by atoms with Crippen molar-refractivity contribution in [3.05, 3.63) is 34.9 Å². The molecule has 18 heavy (non-hydrogen) atoms. The van der Waals surface area contributed by atoms with Crippen LogP contribution in [-0.2, 0) is 9.59 Å². The summed E-state index contributed by atoms with van der Waals surface area (Å²) in [5.41, 5.74) is 0.474. The normalized spacial score (nSPS) is 16.6. The molecule has 0 bridgehead atoms. The molecule has 1 fully saturated rings. The standard InChI is InChI=1S/C13H12ClNO3/c14-10-5-3-9(4-6-10)13(18)15-7-1-2-11(16)12(17)8-15/h3-6H,1-2,7-8H2. The molecule has 0 unspecified atom stereocenters. The number of ketones is 2. The Morgan fingerprint density at radius 3 is 2.44 bits per heavy atom. The molecule has 1 aliphatic rings. The zero-order valence-electron chi connectivity index (χ0n) is 9.69. The van der Waals surface area contributed by atoms with Gasteiger partial charge in [0, 0.05) is 23.6 Å². The first-order valence-electron chi connectivity index (χ1n) is 5.69. The molecule has 0 saturated carbocycles. The van der Waals surface area contributed by atoms with Crippen molar-refractivity contribution >= 4 is 29.1 Å². The van der Waals surface area contributed by atoms with Gasteiger partial charge in [0.25, 0.3) is 5.91 Å². The average Bonchev–Trinajstić information content (AvgIpc) is 2.52. The summed E-state index contributed by atoms with van der Waals surface area (Å²) in [5, 5.41) is 0.550. The number of carbonyl (C=O) groups is 3. The fourth-order valence-electron chi connectivity index (χ4n) is 1.86. The zero-order chi connectivity index (χ0) is 13.1. The van der Waals surface area contributed by atoms with Crippen LogP contribution in [-0.4, -0.2) is 35.5 Å². The van der Waals surface area contributed by atoms with Crippen LogP contribution in [0.3, 0.4) is 0 Å². The number of benzene rings is 1. The van der Waals surface area contributed by atoms with Crippen molar-refractivity contribution in [1.82, 2.24) is 4.90 Å². The van der Waals surface area contributed by atoms with Crippen LogP contribution in [0, 0.1) is 0 Å². The predicted octanol–water partition coefficient (Wildman–Crippen LogP) is 1.71. The van der Waals surface area contributed by atoms with E-state index in [2.05, 4.69) is 0 Å². The molecule has 1 saturated heterocycles. The molecule has 1 aromatic carbocycles. The summed E-state index contributed by atoms with van der Waals surface area (Å²) in [6.45, 7) is 0.305. The van der Waals surface area contributed by atoms with E-state index >= 15 is 0 Å². The molecule has 1 heterocycles. The van der Waals surface area contributed by atoms with Gasteiger partial charge in [-0.1, -0.05) is 11.6 Å². The lowest BCUT2D eigenvalue weighted by Gasteiger charge is -2.19. The summed E-state index contributed by atoms with van der Waals surface area (Å²) >= 11 is 5.75. The third-order valence-electron chi connectivity index (χ3n) is 2.86. The molecule has 1 aromatic rings. The molecule has 2 rings (SSSR count). The fourth-order valence-corrected chi connectivity index (χ4v) is 1.98. The molecular formula is C13H12ClNO3. The minimum atomic E-state index is -0.491. The molecule has 0 radical (unpaired) electrons. The number of Topliss-reactive ketones (excluding diaryl/α,β-unsaturated/α-hetero) is 2. The third kappa shape index (κ3) is 2.76. The maximum atomic E-state index is 12.1. The SMILES string of the molecule is O=C1CCCN(C(=O)c2ccc(Cl)cc2)CC1=O. The summed E-state index contributed by atoms with van der Waals surface area (Å²) in [5.74, 6) is -1.12. The molecule has 0 aliphatic carbocycles. The van der Waals surface area contributed by atoms with E-state index in [9.17, 15) is 14.4 Å². The number of halogens is 1. The van der Waals surface area contributed by atoms with Crippen molar-refractivity contribution in [2.24, 2.45) is 0 Å². The number of rotatable bonds is 1. The number of nitrogens with zero attached hydrogens (tertiary/aromatic N) is 1. The first kappa shape index (κ1) is 12.8. The summed E-state index contributed by atoms with van der Waals surface area (Å²) < 4.78 is 0. The minimum absolute atomic E-state index is 0.125. The van der Waals surface area contributed by atoms with E-state index in [-0.39, 0.29) is 24.7 Å². The Morgan fingerprint density at radius 1 is 1.11 bits per heavy atom. The third-order valence-corrected chi connectivity index (χ3v) is 3.11. The zero-order valence-corrected chi connectivity index (χ0v) is 10.4. The number of hydrogen-bond acceptors (Lipinski definition) is 3. The van der Waals surface area contributed by atoms with Crippen molar-refractivity contribution in [2.45, 2.75) is 12.8 Å². The van der Waals surface area contributed by atoms with Gasteiger partial charge in [-0.05, 0) is 30.7 Å². The van der Waals surface area contributed by atoms with Gasteiger partial charge in [-0.15, -0.1) is 0 Å². The molecule has 0 spiro atoms. The van der Waals surface area contributed by atoms with Gasteiger partial charge in [0.05, 0.1) is 6.54 Å². The van der Waals surface area contributed by atoms with Gasteiger partial charge in [-0.2, -0.15) is 0 Å². The highest BCUT2D eigenvalue weighted by molar-refractivity contribution is 6.38. The summed E-state index contributed by atoms with van der Waals surface area (Å²) in [6, 6.07) is 6.48. The highest BCUT2D eigenvalue weighted by atomic mass is 35.5. The van der Waals surface area contributed by atoms with Crippen molar-refractivity contribution in [3.8, 4) is 0 Å². The first-order chi connectivity index (χ1) is 8.58. The minimum Gasteiger partial charge on any atom is -0.331 e. The number of carbonyl (C=O) groups excluding carboxylic acids is 3. The molecule has 5 heteroatoms. The van der Waals surface area contributed by atoms with Crippen molar-refractivity contribution < 1.29 is 14.4 Å². The number of likely N-dealkylation sites (tertiary alicyclic amines) is 1. The monoisotopic (exact) mass is 265 g/mol. The van der Waals surface area contributed by atoms with Gasteiger partial charge in [-0.25, -0.2) is 0 Å². The lowest BCUT2D eigenvalue weighted by atomic mass is 10.2. The Morgan fingerprint density at radius 2 is 1.78 bits per heavy atom. The second-order valence-electron chi connectivity index (χ2n) is 4.18. The lowest BCUT2D eigenvalue weighted by molar-refractivity contribution is -0.136. The van der Waals surface area contributed by atoms with E-state index in [1.165, 1.54) is 4.90 Å². The van der Waals surface area contributed by atoms with Crippen LogP contribution in [0.15, 0.2) is 24.3 Å². The van der Waals surface area contributed by atoms with Crippen LogP contribution >= 0.6 is 11.6 Å². The van der Waals surface area contributed by atoms with E-state index in [0.717, 1.165) is 0 Å². The van der Waals surface area contributed by atoms with Gasteiger partial charge in [0.1, 0.15) is 0 Å². The molecule has 4 nitrogen and oxygen atoms in total. The molecule has 1 aliphatic heterocycles. The maximum absolute atomic E-state index is 12.1. The summed E-state index contributed by atoms with van der Waals surface area (Å²) in [4.78, 5) is 36.3. The van der Waals surface area contributed by atoms with Gasteiger partial charge in [0.15, 0.2) is 5.78 Å². The molecular weight excluding hydrogens is 254 g/mol. The van der Waals surface area contributed by atoms with Crippen LogP contribution in [0.2, 0.25) is 5.02 Å². The molecule has 0 atom stereocenters. The first-order valence-corrected chi connectivity index (χ1v) is 6.06. The van der Waals surface area contributed by atoms with E-state index in [1.807, 2.05) is 0 Å². The highest BCUT2D eigenvalue weighted by Gasteiger charge is 2.25. The van der Waals surface area contributed by atoms with Crippen LogP contribution in [0.5, 0.6) is 0 Å². The number of amides is 1.